The van der Waals surface area contributed by atoms with Gasteiger partial charge in [-0.2, -0.15) is 9.61 Å². The van der Waals surface area contributed by atoms with Gasteiger partial charge in [0, 0.05) is 18.1 Å². The summed E-state index contributed by atoms with van der Waals surface area (Å²) >= 11 is 7.76. The summed E-state index contributed by atoms with van der Waals surface area (Å²) < 4.78 is 8.53. The molecule has 1 aliphatic heterocycles. The number of benzene rings is 2. The van der Waals surface area contributed by atoms with E-state index in [-0.39, 0.29) is 13.1 Å². The lowest BCUT2D eigenvalue weighted by molar-refractivity contribution is 0.414. The number of hydrogen-bond acceptors (Lipinski definition) is 6. The molecule has 5 aromatic rings. The van der Waals surface area contributed by atoms with Gasteiger partial charge in [0.2, 0.25) is 0 Å². The Morgan fingerprint density at radius 2 is 1.77 bits per heavy atom. The highest BCUT2D eigenvalue weighted by Gasteiger charge is 2.27. The molecular formula is C26H26ClN5O2S. The van der Waals surface area contributed by atoms with Gasteiger partial charge in [0.15, 0.2) is 5.65 Å². The zero-order valence-electron chi connectivity index (χ0n) is 18.6. The molecule has 6 rings (SSSR count). The minimum atomic E-state index is -0.182. The average molecular weight is 508 g/mol. The van der Waals surface area contributed by atoms with Crippen LogP contribution in [0, 0.1) is 0 Å². The molecule has 9 heteroatoms. The Labute approximate surface area is 212 Å². The maximum Gasteiger partial charge on any atom is 0.352 e. The monoisotopic (exact) mass is 507 g/mol. The lowest BCUT2D eigenvalue weighted by Crippen LogP contribution is -2.28. The maximum absolute atomic E-state index is 13.4. The zero-order chi connectivity index (χ0) is 23.2. The van der Waals surface area contributed by atoms with Crippen molar-refractivity contribution in [2.24, 2.45) is 0 Å². The summed E-state index contributed by atoms with van der Waals surface area (Å²) in [6.45, 7) is 2.21. The van der Waals surface area contributed by atoms with Crippen LogP contribution in [0.2, 0.25) is 5.02 Å². The molecule has 35 heavy (non-hydrogen) atoms. The smallest absolute Gasteiger partial charge is 0.352 e. The first kappa shape index (κ1) is 23.4. The van der Waals surface area contributed by atoms with E-state index in [4.69, 9.17) is 16.3 Å². The number of thiophene rings is 1. The van der Waals surface area contributed by atoms with Gasteiger partial charge in [-0.15, -0.1) is 0 Å². The SMILES string of the molecule is C.COc1ccc(Cn2c(=O)n3ncnc3c3c4c(sc32)N(Cc2ccc(Cl)cc2)CCC4)cc1. The Balaban J connectivity index is 0.00000253. The van der Waals surface area contributed by atoms with Gasteiger partial charge < -0.3 is 9.64 Å². The van der Waals surface area contributed by atoms with Gasteiger partial charge in [0.25, 0.3) is 0 Å². The van der Waals surface area contributed by atoms with Crippen molar-refractivity contribution in [3.63, 3.8) is 0 Å². The molecule has 0 unspecified atom stereocenters. The molecule has 0 saturated carbocycles. The fourth-order valence-electron chi connectivity index (χ4n) is 4.66. The Hall–Kier alpha value is -3.36. The second-order valence-corrected chi connectivity index (χ2v) is 9.84. The average Bonchev–Trinajstić information content (AvgIpc) is 3.49. The molecule has 4 heterocycles. The second kappa shape index (κ2) is 9.36. The van der Waals surface area contributed by atoms with Crippen molar-refractivity contribution in [2.75, 3.05) is 18.6 Å². The Kier molecular flexibility index (Phi) is 6.25. The maximum atomic E-state index is 13.4. The molecule has 0 radical (unpaired) electrons. The van der Waals surface area contributed by atoms with E-state index in [0.29, 0.717) is 12.2 Å². The summed E-state index contributed by atoms with van der Waals surface area (Å²) in [7, 11) is 1.65. The number of fused-ring (bicyclic) bond motifs is 5. The van der Waals surface area contributed by atoms with Gasteiger partial charge in [0.1, 0.15) is 16.9 Å². The summed E-state index contributed by atoms with van der Waals surface area (Å²) in [6, 6.07) is 15.8. The van der Waals surface area contributed by atoms with Crippen LogP contribution in [-0.4, -0.2) is 32.8 Å². The van der Waals surface area contributed by atoms with Crippen molar-refractivity contribution >= 4 is 43.8 Å². The van der Waals surface area contributed by atoms with Crippen LogP contribution in [0.25, 0.3) is 15.9 Å². The van der Waals surface area contributed by atoms with E-state index in [1.54, 1.807) is 18.4 Å². The quantitative estimate of drug-likeness (QED) is 0.318. The van der Waals surface area contributed by atoms with Gasteiger partial charge >= 0.3 is 5.69 Å². The third-order valence-corrected chi connectivity index (χ3v) is 7.89. The highest BCUT2D eigenvalue weighted by Crippen LogP contribution is 2.43. The molecule has 0 aliphatic carbocycles. The van der Waals surface area contributed by atoms with E-state index in [0.717, 1.165) is 52.5 Å². The van der Waals surface area contributed by atoms with Crippen molar-refractivity contribution in [1.29, 1.82) is 0 Å². The summed E-state index contributed by atoms with van der Waals surface area (Å²) in [5.41, 5.74) is 3.93. The van der Waals surface area contributed by atoms with Crippen LogP contribution in [0.3, 0.4) is 0 Å². The molecule has 0 N–H and O–H groups in total. The first-order valence-electron chi connectivity index (χ1n) is 11.1. The minimum Gasteiger partial charge on any atom is -0.497 e. The third-order valence-electron chi connectivity index (χ3n) is 6.32. The van der Waals surface area contributed by atoms with Crippen LogP contribution in [0.15, 0.2) is 59.7 Å². The number of halogens is 1. The highest BCUT2D eigenvalue weighted by atomic mass is 35.5. The lowest BCUT2D eigenvalue weighted by atomic mass is 10.0. The van der Waals surface area contributed by atoms with Crippen molar-refractivity contribution < 1.29 is 4.74 Å². The Morgan fingerprint density at radius 1 is 1.06 bits per heavy atom. The number of ether oxygens (including phenoxy) is 1. The number of hydrogen-bond donors (Lipinski definition) is 0. The van der Waals surface area contributed by atoms with Crippen molar-refractivity contribution in [3.05, 3.63) is 87.1 Å². The fraction of sp³-hybridized carbons (Fsp3) is 0.269. The molecule has 7 nitrogen and oxygen atoms in total. The Morgan fingerprint density at radius 3 is 2.51 bits per heavy atom. The zero-order valence-corrected chi connectivity index (χ0v) is 20.1. The van der Waals surface area contributed by atoms with Crippen LogP contribution >= 0.6 is 22.9 Å². The first-order valence-corrected chi connectivity index (χ1v) is 12.3. The molecular weight excluding hydrogens is 482 g/mol. The van der Waals surface area contributed by atoms with Gasteiger partial charge in [-0.05, 0) is 53.8 Å². The first-order chi connectivity index (χ1) is 16.6. The highest BCUT2D eigenvalue weighted by molar-refractivity contribution is 7.22. The molecule has 0 saturated heterocycles. The summed E-state index contributed by atoms with van der Waals surface area (Å²) in [5, 5.41) is 7.23. The normalized spacial score (nSPS) is 13.1. The molecule has 1 aliphatic rings. The van der Waals surface area contributed by atoms with Gasteiger partial charge in [-0.1, -0.05) is 54.6 Å². The van der Waals surface area contributed by atoms with Gasteiger partial charge in [-0.3, -0.25) is 4.57 Å². The molecule has 0 amide bonds. The van der Waals surface area contributed by atoms with Crippen LogP contribution in [0.1, 0.15) is 30.5 Å². The second-order valence-electron chi connectivity index (χ2n) is 8.43. The van der Waals surface area contributed by atoms with Crippen LogP contribution in [0.4, 0.5) is 5.00 Å². The van der Waals surface area contributed by atoms with Crippen molar-refractivity contribution in [1.82, 2.24) is 19.2 Å². The number of anilines is 1. The van der Waals surface area contributed by atoms with Gasteiger partial charge in [-0.25, -0.2) is 9.78 Å². The third kappa shape index (κ3) is 4.06. The summed E-state index contributed by atoms with van der Waals surface area (Å²) in [6.07, 6.45) is 3.46. The van der Waals surface area contributed by atoms with E-state index in [2.05, 4.69) is 27.1 Å². The standard InChI is InChI=1S/C25H22ClN5O2S.CH4/c1-33-19-10-6-17(7-11-19)14-30-24-21(22-27-15-28-31(22)25(30)32)20-3-2-12-29(23(20)34-24)13-16-4-8-18(26)9-5-16;/h4-11,15H,2-3,12-14H2,1H3;1H4. The topological polar surface area (TPSA) is 64.7 Å². The molecule has 0 fully saturated rings. The molecule has 0 spiro atoms. The lowest BCUT2D eigenvalue weighted by Gasteiger charge is -2.28. The predicted molar refractivity (Wildman–Crippen MR) is 142 cm³/mol. The number of aryl methyl sites for hydroxylation is 1. The predicted octanol–water partition coefficient (Wildman–Crippen LogP) is 5.40. The van der Waals surface area contributed by atoms with Crippen LogP contribution < -0.4 is 15.3 Å². The molecule has 3 aromatic heterocycles. The number of rotatable bonds is 5. The molecule has 0 atom stereocenters. The minimum absolute atomic E-state index is 0. The fourth-order valence-corrected chi connectivity index (χ4v) is 6.15. The van der Waals surface area contributed by atoms with Crippen molar-refractivity contribution in [2.45, 2.75) is 33.4 Å². The molecule has 2 aromatic carbocycles. The van der Waals surface area contributed by atoms with Crippen molar-refractivity contribution in [3.8, 4) is 5.75 Å². The van der Waals surface area contributed by atoms with E-state index >= 15 is 0 Å². The largest absolute Gasteiger partial charge is 0.497 e. The summed E-state index contributed by atoms with van der Waals surface area (Å²) in [4.78, 5) is 21.2. The van der Waals surface area contributed by atoms with E-state index in [9.17, 15) is 4.79 Å². The molecule has 180 valence electrons. The molecule has 0 bridgehead atoms. The number of methoxy groups -OCH3 is 1. The van der Waals surface area contributed by atoms with Crippen LogP contribution in [0.5, 0.6) is 5.75 Å². The van der Waals surface area contributed by atoms with E-state index in [1.165, 1.54) is 27.0 Å². The number of nitrogens with zero attached hydrogens (tertiary/aromatic N) is 5. The van der Waals surface area contributed by atoms with Gasteiger partial charge in [0.05, 0.1) is 24.0 Å². The summed E-state index contributed by atoms with van der Waals surface area (Å²) in [5.74, 6) is 0.789. The van der Waals surface area contributed by atoms with Crippen LogP contribution in [-0.2, 0) is 19.5 Å². The van der Waals surface area contributed by atoms with E-state index < -0.39 is 0 Å². The Bertz CT molecular complexity index is 1550. The van der Waals surface area contributed by atoms with E-state index in [1.807, 2.05) is 41.0 Å². The number of aromatic nitrogens is 4.